The SMILES string of the molecule is CC1(C)OB(c2ccn[nH]2)OC1(C)C.CCCCCCC#N.CI.N#CCCCCCBr.Nc1cc(Br)ccc1C=O.Nc1nc2cc(-c3ccn[nH]3)ccc2cc1CCCCO.Nc1nc2cc(-c3ccn[nH]3)ccc2cc1CCCCOCc1ccccc1.Nc1nc2cc(Br)ccc2cc1CCCCOCc1ccccc1. The summed E-state index contributed by atoms with van der Waals surface area (Å²) >= 11 is 12.2. The summed E-state index contributed by atoms with van der Waals surface area (Å²) in [7, 11) is -0.331. The third-order valence-corrected chi connectivity index (χ3v) is 20.2. The average Bonchev–Trinajstić information content (AvgIpc) is 1.67. The number of aromatic nitrogens is 9. The minimum Gasteiger partial charge on any atom is -0.398 e. The molecule has 0 unspecified atom stereocenters. The highest BCUT2D eigenvalue weighted by Crippen LogP contribution is 2.36. The summed E-state index contributed by atoms with van der Waals surface area (Å²) in [5.74, 6) is 1.81. The molecule has 0 saturated carbocycles. The number of aliphatic hydroxyl groups is 1. The van der Waals surface area contributed by atoms with E-state index in [1.165, 1.54) is 43.2 Å². The van der Waals surface area contributed by atoms with Crippen molar-refractivity contribution < 1.29 is 28.7 Å². The molecule has 6 aromatic heterocycles. The van der Waals surface area contributed by atoms with E-state index >= 15 is 0 Å². The molecule has 26 heteroatoms. The van der Waals surface area contributed by atoms with Crippen molar-refractivity contribution in [3.05, 3.63) is 231 Å². The Hall–Kier alpha value is -8.94. The van der Waals surface area contributed by atoms with Gasteiger partial charge < -0.3 is 46.8 Å². The highest BCUT2D eigenvalue weighted by atomic mass is 127. The van der Waals surface area contributed by atoms with Crippen molar-refractivity contribution >= 4 is 145 Å². The predicted octanol–water partition coefficient (Wildman–Crippen LogP) is 20.9. The number of rotatable bonds is 30. The molecule has 0 radical (unpaired) electrons. The quantitative estimate of drug-likeness (QED) is 0.00518. The number of hydrogen-bond donors (Lipinski definition) is 8. The van der Waals surface area contributed by atoms with E-state index in [9.17, 15) is 4.79 Å². The average molecular weight is 1860 g/mol. The van der Waals surface area contributed by atoms with E-state index in [0.29, 0.717) is 48.3 Å². The summed E-state index contributed by atoms with van der Waals surface area (Å²) in [5.41, 5.74) is 37.6. The maximum absolute atomic E-state index is 10.2. The first kappa shape index (κ1) is 94.9. The molecule has 0 bridgehead atoms. The Morgan fingerprint density at radius 3 is 1.35 bits per heavy atom. The lowest BCUT2D eigenvalue weighted by atomic mass is 9.85. The Labute approximate surface area is 717 Å². The van der Waals surface area contributed by atoms with Gasteiger partial charge in [0.05, 0.1) is 70.1 Å². The number of unbranched alkanes of at least 4 members (excludes halogenated alkanes) is 10. The van der Waals surface area contributed by atoms with Crippen LogP contribution < -0.4 is 28.5 Å². The van der Waals surface area contributed by atoms with Crippen LogP contribution in [0.2, 0.25) is 0 Å². The molecule has 12 N–H and O–H groups in total. The Morgan fingerprint density at radius 1 is 0.513 bits per heavy atom. The van der Waals surface area contributed by atoms with Gasteiger partial charge in [0.25, 0.3) is 0 Å². The van der Waals surface area contributed by atoms with E-state index in [1.54, 1.807) is 36.8 Å². The first-order valence-electron chi connectivity index (χ1n) is 38.9. The number of aldehydes is 1. The highest BCUT2D eigenvalue weighted by Gasteiger charge is 2.52. The number of halogens is 4. The number of anilines is 4. The van der Waals surface area contributed by atoms with Crippen molar-refractivity contribution in [3.63, 3.8) is 0 Å². The number of carbonyl (C=O) groups is 1. The standard InChI is InChI=1S/C23H24N4O.C20H21BrN2O.C16H18N4O.C9H15BN2O2.C7H6BrNO.C7H13N.C6H10BrN.CH3I/c24-23-20(8-4-5-13-28-16-17-6-2-1-3-7-17)14-18-9-10-19(15-22(18)26-23)21-11-12-25-27-21;21-18-10-9-16-12-17(20(22)23-19(16)13-18)8-4-5-11-24-14-15-6-2-1-3-7-15;17-16-13(3-1-2-8-21)9-11-4-5-12(10-15(11)19-16)14-6-7-18-20-14;1-8(2)9(3,4)14-10(13-8)7-5-6-11-12-7;8-6-2-1-5(4-10)7(9)3-6;1-2-3-4-5-6-7-8;7-5-3-1-2-4-6-8;1-2/h1-3,6-7,9-12,14-15H,4-5,8,13,16H2,(H2,24,26)(H,25,27);1-3,6-7,9-10,12-13H,4-5,8,11,14H2,(H2,22,23);4-7,9-10,21H,1-3,8H2,(H2,17,19)(H,18,20);5-6H,1-4H3,(H,11,12);1-4H,9H2;2-6H2,1H3;1-5H2;1H3. The van der Waals surface area contributed by atoms with E-state index < -0.39 is 0 Å². The van der Waals surface area contributed by atoms with Gasteiger partial charge in [0.1, 0.15) is 17.5 Å². The predicted molar refractivity (Wildman–Crippen MR) is 490 cm³/mol. The van der Waals surface area contributed by atoms with Crippen LogP contribution in [0.25, 0.3) is 55.2 Å². The van der Waals surface area contributed by atoms with Crippen LogP contribution in [0.5, 0.6) is 0 Å². The van der Waals surface area contributed by atoms with E-state index in [-0.39, 0.29) is 24.9 Å². The number of nitrogens with one attached hydrogen (secondary N) is 3. The number of pyridine rings is 3. The first-order valence-corrected chi connectivity index (χ1v) is 43.7. The molecular weight excluding hydrogens is 1750 g/mol. The Kier molecular flexibility index (Phi) is 44.0. The molecule has 13 rings (SSSR count). The van der Waals surface area contributed by atoms with Gasteiger partial charge in [-0.05, 0) is 216 Å². The number of nitriles is 2. The highest BCUT2D eigenvalue weighted by molar-refractivity contribution is 14.1. The molecule has 1 saturated heterocycles. The molecule has 1 aliphatic rings. The summed E-state index contributed by atoms with van der Waals surface area (Å²) < 4.78 is 25.0. The van der Waals surface area contributed by atoms with Gasteiger partial charge in [0.15, 0.2) is 6.29 Å². The van der Waals surface area contributed by atoms with Crippen LogP contribution in [0.3, 0.4) is 0 Å². The zero-order chi connectivity index (χ0) is 83.1. The number of carbonyl (C=O) groups excluding carboxylic acids is 1. The van der Waals surface area contributed by atoms with Crippen LogP contribution in [0.4, 0.5) is 23.1 Å². The maximum atomic E-state index is 10.2. The molecule has 0 aliphatic carbocycles. The maximum Gasteiger partial charge on any atom is 0.513 e. The minimum atomic E-state index is -0.331. The summed E-state index contributed by atoms with van der Waals surface area (Å²) in [4.78, 5) is 25.8. The number of alkyl halides is 2. The first-order chi connectivity index (χ1) is 55.8. The lowest BCUT2D eigenvalue weighted by molar-refractivity contribution is 0.00578. The van der Waals surface area contributed by atoms with Crippen LogP contribution in [-0.2, 0) is 51.3 Å². The lowest BCUT2D eigenvalue weighted by Gasteiger charge is -2.32. The van der Waals surface area contributed by atoms with Gasteiger partial charge in [-0.2, -0.15) is 25.8 Å². The van der Waals surface area contributed by atoms with Gasteiger partial charge in [0, 0.05) is 104 Å². The van der Waals surface area contributed by atoms with Crippen molar-refractivity contribution in [2.24, 2.45) is 0 Å². The normalized spacial score (nSPS) is 12.0. The fraction of sp³-hybridized carbons (Fsp3) is 0.360. The molecule has 7 heterocycles. The molecule has 0 atom stereocenters. The van der Waals surface area contributed by atoms with Crippen LogP contribution in [0.1, 0.15) is 169 Å². The van der Waals surface area contributed by atoms with E-state index in [1.807, 2.05) is 124 Å². The van der Waals surface area contributed by atoms with Crippen molar-refractivity contribution in [1.29, 1.82) is 10.5 Å². The molecule has 12 aromatic rings. The molecule has 1 fully saturated rings. The third kappa shape index (κ3) is 33.7. The molecule has 0 amide bonds. The summed E-state index contributed by atoms with van der Waals surface area (Å²) in [6.07, 6.45) is 24.1. The van der Waals surface area contributed by atoms with E-state index in [4.69, 9.17) is 57.3 Å². The zero-order valence-electron chi connectivity index (χ0n) is 66.9. The third-order valence-electron chi connectivity index (χ3n) is 18.7. The number of nitrogens with zero attached hydrogens (tertiary/aromatic N) is 8. The smallest absolute Gasteiger partial charge is 0.398 e. The molecule has 115 heavy (non-hydrogen) atoms. The van der Waals surface area contributed by atoms with Gasteiger partial charge in [0.2, 0.25) is 0 Å². The fourth-order valence-electron chi connectivity index (χ4n) is 11.5. The van der Waals surface area contributed by atoms with E-state index in [2.05, 4.69) is 196 Å². The molecule has 21 nitrogen and oxygen atoms in total. The summed E-state index contributed by atoms with van der Waals surface area (Å²) in [6.45, 7) is 13.4. The lowest BCUT2D eigenvalue weighted by Crippen LogP contribution is -2.41. The number of fused-ring (bicyclic) bond motifs is 3. The van der Waals surface area contributed by atoms with Gasteiger partial charge in [-0.3, -0.25) is 20.1 Å². The van der Waals surface area contributed by atoms with Crippen LogP contribution >= 0.6 is 70.4 Å². The van der Waals surface area contributed by atoms with Crippen molar-refractivity contribution in [1.82, 2.24) is 45.5 Å². The second-order valence-corrected chi connectivity index (χ2v) is 30.6. The number of ether oxygens (including phenoxy) is 2. The Morgan fingerprint density at radius 2 is 0.939 bits per heavy atom. The second-order valence-electron chi connectivity index (χ2n) is 28.0. The number of hydrogen-bond acceptors (Lipinski definition) is 18. The van der Waals surface area contributed by atoms with Gasteiger partial charge in [-0.25, -0.2) is 15.0 Å². The molecule has 0 spiro atoms. The number of nitrogens with two attached hydrogens (primary N) is 4. The van der Waals surface area contributed by atoms with Gasteiger partial charge in [-0.15, -0.1) is 0 Å². The second kappa shape index (κ2) is 53.3. The number of aliphatic hydroxyl groups excluding tert-OH is 1. The molecule has 1 aliphatic heterocycles. The van der Waals surface area contributed by atoms with Crippen molar-refractivity contribution in [2.75, 3.05) is 53.0 Å². The number of aromatic amines is 3. The fourth-order valence-corrected chi connectivity index (χ4v) is 12.7. The van der Waals surface area contributed by atoms with Crippen molar-refractivity contribution in [3.8, 4) is 34.7 Å². The topological polar surface area (TPSA) is 351 Å². The van der Waals surface area contributed by atoms with Crippen LogP contribution in [0, 0.1) is 22.7 Å². The molecular formula is C89H110BBr3IN15O6. The van der Waals surface area contributed by atoms with Gasteiger partial charge in [-0.1, -0.05) is 194 Å². The van der Waals surface area contributed by atoms with Crippen LogP contribution in [0.15, 0.2) is 197 Å². The van der Waals surface area contributed by atoms with Gasteiger partial charge >= 0.3 is 7.12 Å². The van der Waals surface area contributed by atoms with Crippen LogP contribution in [-0.4, -0.2) is 105 Å². The number of H-pyrrole nitrogens is 3. The molecule has 6 aromatic carbocycles. The number of benzene rings is 6. The zero-order valence-corrected chi connectivity index (χ0v) is 73.8. The summed E-state index contributed by atoms with van der Waals surface area (Å²) in [6, 6.07) is 60.4. The minimum absolute atomic E-state index is 0.217. The monoisotopic (exact) mass is 1860 g/mol. The number of nitrogen functional groups attached to an aromatic ring is 4. The van der Waals surface area contributed by atoms with Crippen molar-refractivity contribution in [2.45, 2.75) is 175 Å². The summed E-state index contributed by atoms with van der Waals surface area (Å²) in [5, 5.41) is 50.1. The number of aryl methyl sites for hydroxylation is 3. The largest absolute Gasteiger partial charge is 0.513 e. The Bertz CT molecular complexity index is 4790. The van der Waals surface area contributed by atoms with E-state index in [0.717, 1.165) is 188 Å². The Balaban J connectivity index is 0.000000218. The molecule has 608 valence electrons.